The molecule has 1 aromatic rings. The zero-order valence-electron chi connectivity index (χ0n) is 15.5. The first-order valence-electron chi connectivity index (χ1n) is 9.66. The quantitative estimate of drug-likeness (QED) is 0.741. The Morgan fingerprint density at radius 3 is 2.44 bits per heavy atom. The van der Waals surface area contributed by atoms with Crippen molar-refractivity contribution in [1.82, 2.24) is 14.7 Å². The number of β-amino-alcohol motifs (C(OH)–C–C–N with tert-alkyl or cyclic N) is 1. The highest BCUT2D eigenvalue weighted by Crippen LogP contribution is 2.39. The van der Waals surface area contributed by atoms with Crippen LogP contribution in [0.1, 0.15) is 18.4 Å². The van der Waals surface area contributed by atoms with Crippen LogP contribution >= 0.6 is 0 Å². The molecule has 4 rings (SSSR count). The molecule has 0 radical (unpaired) electrons. The van der Waals surface area contributed by atoms with Gasteiger partial charge >= 0.3 is 0 Å². The standard InChI is InChI=1S/C20H27N3O4/c24-7-6-18(26)22-13-20(14-22)12-21(10-16-9-17(25)11-23(16)20)19(27)8-15-4-2-1-3-5-15/h1-5,16-17,24-25H,6-14H2/t16-,17+/m0/s1. The SMILES string of the molecule is O=C(Cc1ccccc1)N1C[C@@H]2C[C@@H](O)CN2C2(C1)CN(C(=O)CCO)C2. The number of carbonyl (C=O) groups excluding carboxylic acids is 2. The second-order valence-corrected chi connectivity index (χ2v) is 8.08. The summed E-state index contributed by atoms with van der Waals surface area (Å²) in [6.07, 6.45) is 0.804. The van der Waals surface area contributed by atoms with E-state index >= 15 is 0 Å². The third-order valence-electron chi connectivity index (χ3n) is 6.12. The Balaban J connectivity index is 1.48. The highest BCUT2D eigenvalue weighted by atomic mass is 16.3. The number of rotatable bonds is 4. The average molecular weight is 373 g/mol. The molecule has 1 aromatic carbocycles. The predicted molar refractivity (Wildman–Crippen MR) is 98.9 cm³/mol. The number of likely N-dealkylation sites (tertiary alicyclic amines) is 1. The molecule has 7 heteroatoms. The number of nitrogens with zero attached hydrogens (tertiary/aromatic N) is 3. The van der Waals surface area contributed by atoms with Gasteiger partial charge in [-0.05, 0) is 12.0 Å². The zero-order valence-corrected chi connectivity index (χ0v) is 15.5. The van der Waals surface area contributed by atoms with E-state index in [1.54, 1.807) is 4.90 Å². The summed E-state index contributed by atoms with van der Waals surface area (Å²) in [5, 5.41) is 19.2. The highest BCUT2D eigenvalue weighted by molar-refractivity contribution is 5.80. The van der Waals surface area contributed by atoms with Gasteiger partial charge in [0.25, 0.3) is 0 Å². The minimum atomic E-state index is -0.377. The lowest BCUT2D eigenvalue weighted by Crippen LogP contribution is -2.79. The maximum atomic E-state index is 12.9. The molecule has 7 nitrogen and oxygen atoms in total. The van der Waals surface area contributed by atoms with Crippen LogP contribution in [0.25, 0.3) is 0 Å². The predicted octanol–water partition coefficient (Wildman–Crippen LogP) is -0.530. The van der Waals surface area contributed by atoms with Crippen LogP contribution in [-0.4, -0.2) is 93.7 Å². The van der Waals surface area contributed by atoms with Gasteiger partial charge in [-0.15, -0.1) is 0 Å². The maximum absolute atomic E-state index is 12.9. The van der Waals surface area contributed by atoms with E-state index in [0.717, 1.165) is 5.56 Å². The van der Waals surface area contributed by atoms with Gasteiger partial charge in [0.15, 0.2) is 0 Å². The van der Waals surface area contributed by atoms with Crippen LogP contribution in [0.3, 0.4) is 0 Å². The molecule has 0 unspecified atom stereocenters. The molecule has 27 heavy (non-hydrogen) atoms. The molecule has 0 aliphatic carbocycles. The number of carbonyl (C=O) groups is 2. The summed E-state index contributed by atoms with van der Waals surface area (Å²) in [7, 11) is 0. The van der Waals surface area contributed by atoms with E-state index in [0.29, 0.717) is 45.6 Å². The third kappa shape index (κ3) is 3.47. The number of amides is 2. The third-order valence-corrected chi connectivity index (χ3v) is 6.12. The van der Waals surface area contributed by atoms with Crippen molar-refractivity contribution >= 4 is 11.8 Å². The lowest BCUT2D eigenvalue weighted by Gasteiger charge is -2.60. The van der Waals surface area contributed by atoms with E-state index in [2.05, 4.69) is 4.90 Å². The molecule has 0 saturated carbocycles. The Morgan fingerprint density at radius 2 is 1.74 bits per heavy atom. The van der Waals surface area contributed by atoms with Crippen LogP contribution in [0.4, 0.5) is 0 Å². The van der Waals surface area contributed by atoms with Gasteiger partial charge in [-0.1, -0.05) is 30.3 Å². The van der Waals surface area contributed by atoms with Gasteiger partial charge in [-0.25, -0.2) is 0 Å². The van der Waals surface area contributed by atoms with Crippen LogP contribution in [0.2, 0.25) is 0 Å². The van der Waals surface area contributed by atoms with Crippen molar-refractivity contribution in [2.24, 2.45) is 0 Å². The Labute approximate surface area is 159 Å². The van der Waals surface area contributed by atoms with E-state index in [4.69, 9.17) is 5.11 Å². The van der Waals surface area contributed by atoms with Crippen molar-refractivity contribution in [2.75, 3.05) is 39.3 Å². The fourth-order valence-corrected chi connectivity index (χ4v) is 4.86. The largest absolute Gasteiger partial charge is 0.396 e. The number of aliphatic hydroxyl groups is 2. The molecule has 3 saturated heterocycles. The monoisotopic (exact) mass is 373 g/mol. The molecule has 2 amide bonds. The molecule has 3 aliphatic heterocycles. The summed E-state index contributed by atoms with van der Waals surface area (Å²) in [5.74, 6) is 0.0499. The summed E-state index contributed by atoms with van der Waals surface area (Å²) in [6, 6.07) is 9.87. The first-order chi connectivity index (χ1) is 13.0. The molecule has 1 spiro atoms. The van der Waals surface area contributed by atoms with E-state index in [1.807, 2.05) is 35.2 Å². The van der Waals surface area contributed by atoms with Gasteiger partial charge in [-0.3, -0.25) is 14.5 Å². The van der Waals surface area contributed by atoms with Crippen molar-refractivity contribution in [3.8, 4) is 0 Å². The van der Waals surface area contributed by atoms with Gasteiger partial charge in [0.1, 0.15) is 0 Å². The first kappa shape index (κ1) is 18.4. The zero-order chi connectivity index (χ0) is 19.0. The molecule has 2 atom stereocenters. The van der Waals surface area contributed by atoms with Gasteiger partial charge in [0.05, 0.1) is 24.7 Å². The van der Waals surface area contributed by atoms with Crippen LogP contribution in [0.15, 0.2) is 30.3 Å². The summed E-state index contributed by atoms with van der Waals surface area (Å²) in [4.78, 5) is 31.0. The second-order valence-electron chi connectivity index (χ2n) is 8.08. The van der Waals surface area contributed by atoms with Crippen molar-refractivity contribution in [1.29, 1.82) is 0 Å². The Bertz CT molecular complexity index is 704. The molecule has 3 aliphatic rings. The van der Waals surface area contributed by atoms with Gasteiger partial charge in [0.2, 0.25) is 11.8 Å². The fourth-order valence-electron chi connectivity index (χ4n) is 4.86. The molecule has 3 fully saturated rings. The number of hydrogen-bond acceptors (Lipinski definition) is 5. The van der Waals surface area contributed by atoms with E-state index < -0.39 is 0 Å². The first-order valence-corrected chi connectivity index (χ1v) is 9.66. The van der Waals surface area contributed by atoms with Crippen LogP contribution in [0, 0.1) is 0 Å². The number of piperazine rings is 1. The number of hydrogen-bond donors (Lipinski definition) is 2. The lowest BCUT2D eigenvalue weighted by molar-refractivity contribution is -0.162. The molecular formula is C20H27N3O4. The van der Waals surface area contributed by atoms with Crippen molar-refractivity contribution in [3.05, 3.63) is 35.9 Å². The molecule has 0 aromatic heterocycles. The topological polar surface area (TPSA) is 84.3 Å². The van der Waals surface area contributed by atoms with Crippen LogP contribution in [0.5, 0.6) is 0 Å². The maximum Gasteiger partial charge on any atom is 0.227 e. The highest BCUT2D eigenvalue weighted by Gasteiger charge is 2.57. The Hall–Kier alpha value is -1.96. The summed E-state index contributed by atoms with van der Waals surface area (Å²) >= 11 is 0. The van der Waals surface area contributed by atoms with Gasteiger partial charge in [-0.2, -0.15) is 0 Å². The summed E-state index contributed by atoms with van der Waals surface area (Å²) in [5.41, 5.74) is 0.733. The van der Waals surface area contributed by atoms with Gasteiger partial charge in [0, 0.05) is 45.2 Å². The Morgan fingerprint density at radius 1 is 1.04 bits per heavy atom. The van der Waals surface area contributed by atoms with Crippen molar-refractivity contribution in [3.63, 3.8) is 0 Å². The van der Waals surface area contributed by atoms with E-state index in [1.165, 1.54) is 0 Å². The molecule has 3 heterocycles. The summed E-state index contributed by atoms with van der Waals surface area (Å²) in [6.45, 7) is 2.80. The van der Waals surface area contributed by atoms with Crippen LogP contribution < -0.4 is 0 Å². The molecule has 2 N–H and O–H groups in total. The second kappa shape index (κ2) is 7.22. The normalized spacial score (nSPS) is 26.7. The molecular weight excluding hydrogens is 346 g/mol. The minimum Gasteiger partial charge on any atom is -0.396 e. The summed E-state index contributed by atoms with van der Waals surface area (Å²) < 4.78 is 0. The lowest BCUT2D eigenvalue weighted by atomic mass is 9.83. The smallest absolute Gasteiger partial charge is 0.227 e. The number of aliphatic hydroxyl groups excluding tert-OH is 2. The Kier molecular flexibility index (Phi) is 4.92. The van der Waals surface area contributed by atoms with Crippen molar-refractivity contribution in [2.45, 2.75) is 36.9 Å². The van der Waals surface area contributed by atoms with Crippen LogP contribution in [-0.2, 0) is 16.0 Å². The van der Waals surface area contributed by atoms with E-state index in [-0.39, 0.29) is 42.5 Å². The average Bonchev–Trinajstić information content (AvgIpc) is 3.00. The van der Waals surface area contributed by atoms with Gasteiger partial charge < -0.3 is 20.0 Å². The fraction of sp³-hybridized carbons (Fsp3) is 0.600. The van der Waals surface area contributed by atoms with Crippen molar-refractivity contribution < 1.29 is 19.8 Å². The molecule has 0 bridgehead atoms. The molecule has 146 valence electrons. The number of fused-ring (bicyclic) bond motifs is 2. The minimum absolute atomic E-state index is 0.0489. The van der Waals surface area contributed by atoms with E-state index in [9.17, 15) is 14.7 Å². The number of benzene rings is 1.